The molecule has 0 heterocycles. The fourth-order valence-electron chi connectivity index (χ4n) is 3.56. The molecule has 0 spiro atoms. The monoisotopic (exact) mass is 335 g/mol. The summed E-state index contributed by atoms with van der Waals surface area (Å²) in [5.41, 5.74) is 4.25. The van der Waals surface area contributed by atoms with Crippen LogP contribution in [0.25, 0.3) is 0 Å². The lowest BCUT2D eigenvalue weighted by Gasteiger charge is -2.18. The SMILES string of the molecule is CCOC(=O)C1=C(NCc2ccccc2)C(c2ccccc2)CC1C. The molecule has 3 nitrogen and oxygen atoms in total. The van der Waals surface area contributed by atoms with Gasteiger partial charge in [0.05, 0.1) is 12.2 Å². The maximum absolute atomic E-state index is 12.5. The molecule has 3 rings (SSSR count). The Kier molecular flexibility index (Phi) is 5.54. The average molecular weight is 335 g/mol. The van der Waals surface area contributed by atoms with E-state index < -0.39 is 0 Å². The third-order valence-electron chi connectivity index (χ3n) is 4.74. The van der Waals surface area contributed by atoms with Crippen LogP contribution < -0.4 is 5.32 Å². The van der Waals surface area contributed by atoms with Crippen LogP contribution in [0.4, 0.5) is 0 Å². The van der Waals surface area contributed by atoms with Gasteiger partial charge in [0.15, 0.2) is 0 Å². The van der Waals surface area contributed by atoms with E-state index in [9.17, 15) is 4.79 Å². The van der Waals surface area contributed by atoms with E-state index in [1.165, 1.54) is 11.1 Å². The summed E-state index contributed by atoms with van der Waals surface area (Å²) in [6.45, 7) is 5.06. The van der Waals surface area contributed by atoms with E-state index in [2.05, 4.69) is 48.6 Å². The van der Waals surface area contributed by atoms with E-state index in [0.29, 0.717) is 13.2 Å². The minimum Gasteiger partial charge on any atom is -0.463 e. The molecule has 0 saturated carbocycles. The first-order chi connectivity index (χ1) is 12.2. The van der Waals surface area contributed by atoms with Gasteiger partial charge in [0.1, 0.15) is 0 Å². The number of carbonyl (C=O) groups excluding carboxylic acids is 1. The first-order valence-electron chi connectivity index (χ1n) is 8.94. The van der Waals surface area contributed by atoms with Gasteiger partial charge in [-0.1, -0.05) is 67.6 Å². The Bertz CT molecular complexity index is 737. The number of carbonyl (C=O) groups is 1. The zero-order valence-corrected chi connectivity index (χ0v) is 14.9. The fraction of sp³-hybridized carbons (Fsp3) is 0.318. The molecule has 0 aromatic heterocycles. The largest absolute Gasteiger partial charge is 0.463 e. The van der Waals surface area contributed by atoms with E-state index in [1.54, 1.807) is 0 Å². The van der Waals surface area contributed by atoms with Crippen LogP contribution in [0, 0.1) is 5.92 Å². The van der Waals surface area contributed by atoms with Crippen molar-refractivity contribution in [3.8, 4) is 0 Å². The van der Waals surface area contributed by atoms with Gasteiger partial charge in [-0.3, -0.25) is 0 Å². The number of ether oxygens (including phenoxy) is 1. The highest BCUT2D eigenvalue weighted by Gasteiger charge is 2.36. The first-order valence-corrected chi connectivity index (χ1v) is 8.94. The van der Waals surface area contributed by atoms with Crippen molar-refractivity contribution in [2.24, 2.45) is 5.92 Å². The van der Waals surface area contributed by atoms with Crippen LogP contribution in [0.3, 0.4) is 0 Å². The van der Waals surface area contributed by atoms with E-state index in [4.69, 9.17) is 4.74 Å². The Labute approximate surface area is 149 Å². The normalized spacial score (nSPS) is 19.8. The first kappa shape index (κ1) is 17.3. The predicted molar refractivity (Wildman–Crippen MR) is 99.9 cm³/mol. The summed E-state index contributed by atoms with van der Waals surface area (Å²) in [5.74, 6) is 0.200. The standard InChI is InChI=1S/C22H25NO2/c1-3-25-22(24)20-16(2)14-19(18-12-8-5-9-13-18)21(20)23-15-17-10-6-4-7-11-17/h4-13,16,19,23H,3,14-15H2,1-2H3. The molecule has 1 aliphatic carbocycles. The van der Waals surface area contributed by atoms with Crippen LogP contribution in [0.1, 0.15) is 37.3 Å². The van der Waals surface area contributed by atoms with Gasteiger partial charge in [-0.05, 0) is 30.4 Å². The molecule has 130 valence electrons. The van der Waals surface area contributed by atoms with Crippen LogP contribution in [0.15, 0.2) is 71.9 Å². The van der Waals surface area contributed by atoms with Crippen molar-refractivity contribution in [3.05, 3.63) is 83.1 Å². The Morgan fingerprint density at radius 2 is 1.72 bits per heavy atom. The van der Waals surface area contributed by atoms with E-state index in [0.717, 1.165) is 17.7 Å². The zero-order chi connectivity index (χ0) is 17.6. The minimum absolute atomic E-state index is 0.183. The number of hydrogen-bond acceptors (Lipinski definition) is 3. The van der Waals surface area contributed by atoms with Crippen LogP contribution in [-0.4, -0.2) is 12.6 Å². The molecule has 25 heavy (non-hydrogen) atoms. The molecule has 0 aliphatic heterocycles. The third-order valence-corrected chi connectivity index (χ3v) is 4.74. The quantitative estimate of drug-likeness (QED) is 0.794. The summed E-state index contributed by atoms with van der Waals surface area (Å²) < 4.78 is 5.33. The summed E-state index contributed by atoms with van der Waals surface area (Å²) in [4.78, 5) is 12.5. The lowest BCUT2D eigenvalue weighted by Crippen LogP contribution is -2.21. The van der Waals surface area contributed by atoms with Gasteiger partial charge in [0, 0.05) is 18.2 Å². The van der Waals surface area contributed by atoms with Crippen LogP contribution >= 0.6 is 0 Å². The number of benzene rings is 2. The van der Waals surface area contributed by atoms with Gasteiger partial charge >= 0.3 is 5.97 Å². The highest BCUT2D eigenvalue weighted by molar-refractivity contribution is 5.91. The fourth-order valence-corrected chi connectivity index (χ4v) is 3.56. The van der Waals surface area contributed by atoms with Crippen molar-refractivity contribution in [2.45, 2.75) is 32.7 Å². The third kappa shape index (κ3) is 3.93. The van der Waals surface area contributed by atoms with Crippen LogP contribution in [-0.2, 0) is 16.1 Å². The van der Waals surface area contributed by atoms with Crippen molar-refractivity contribution in [1.82, 2.24) is 5.32 Å². The minimum atomic E-state index is -0.191. The number of nitrogens with one attached hydrogen (secondary N) is 1. The van der Waals surface area contributed by atoms with Gasteiger partial charge < -0.3 is 10.1 Å². The van der Waals surface area contributed by atoms with Gasteiger partial charge in [-0.15, -0.1) is 0 Å². The van der Waals surface area contributed by atoms with Crippen molar-refractivity contribution in [2.75, 3.05) is 6.61 Å². The summed E-state index contributed by atoms with van der Waals surface area (Å²) in [5, 5.41) is 3.55. The second-order valence-electron chi connectivity index (χ2n) is 6.49. The maximum atomic E-state index is 12.5. The molecule has 1 N–H and O–H groups in total. The molecular formula is C22H25NO2. The molecular weight excluding hydrogens is 310 g/mol. The van der Waals surface area contributed by atoms with Gasteiger partial charge in [0.2, 0.25) is 0 Å². The molecule has 1 aliphatic rings. The Morgan fingerprint density at radius 3 is 2.36 bits per heavy atom. The zero-order valence-electron chi connectivity index (χ0n) is 14.9. The Hall–Kier alpha value is -2.55. The van der Waals surface area contributed by atoms with Crippen molar-refractivity contribution in [3.63, 3.8) is 0 Å². The number of allylic oxidation sites excluding steroid dienone is 1. The van der Waals surface area contributed by atoms with Crippen LogP contribution in [0.2, 0.25) is 0 Å². The van der Waals surface area contributed by atoms with Crippen molar-refractivity contribution in [1.29, 1.82) is 0 Å². The Balaban J connectivity index is 1.92. The van der Waals surface area contributed by atoms with E-state index in [-0.39, 0.29) is 17.8 Å². The summed E-state index contributed by atoms with van der Waals surface area (Å²) in [6.07, 6.45) is 0.926. The predicted octanol–water partition coefficient (Wildman–Crippen LogP) is 4.42. The van der Waals surface area contributed by atoms with Crippen molar-refractivity contribution < 1.29 is 9.53 Å². The number of rotatable bonds is 6. The van der Waals surface area contributed by atoms with Gasteiger partial charge in [-0.2, -0.15) is 0 Å². The second kappa shape index (κ2) is 8.02. The molecule has 0 radical (unpaired) electrons. The van der Waals surface area contributed by atoms with Gasteiger partial charge in [0.25, 0.3) is 0 Å². The van der Waals surface area contributed by atoms with Gasteiger partial charge in [-0.25, -0.2) is 4.79 Å². The molecule has 3 heteroatoms. The van der Waals surface area contributed by atoms with E-state index >= 15 is 0 Å². The molecule has 0 fully saturated rings. The average Bonchev–Trinajstić information content (AvgIpc) is 2.98. The lowest BCUT2D eigenvalue weighted by molar-refractivity contribution is -0.139. The van der Waals surface area contributed by atoms with Crippen LogP contribution in [0.5, 0.6) is 0 Å². The summed E-state index contributed by atoms with van der Waals surface area (Å²) in [6, 6.07) is 20.7. The summed E-state index contributed by atoms with van der Waals surface area (Å²) in [7, 11) is 0. The molecule has 2 atom stereocenters. The molecule has 2 aromatic carbocycles. The second-order valence-corrected chi connectivity index (χ2v) is 6.49. The molecule has 2 unspecified atom stereocenters. The summed E-state index contributed by atoms with van der Waals surface area (Å²) >= 11 is 0. The molecule has 2 aromatic rings. The number of esters is 1. The molecule has 0 amide bonds. The maximum Gasteiger partial charge on any atom is 0.336 e. The van der Waals surface area contributed by atoms with Crippen molar-refractivity contribution >= 4 is 5.97 Å². The molecule has 0 saturated heterocycles. The Morgan fingerprint density at radius 1 is 1.08 bits per heavy atom. The highest BCUT2D eigenvalue weighted by Crippen LogP contribution is 2.42. The van der Waals surface area contributed by atoms with E-state index in [1.807, 2.05) is 31.2 Å². The lowest BCUT2D eigenvalue weighted by atomic mass is 9.94. The smallest absolute Gasteiger partial charge is 0.336 e. The highest BCUT2D eigenvalue weighted by atomic mass is 16.5. The topological polar surface area (TPSA) is 38.3 Å². The molecule has 0 bridgehead atoms. The number of hydrogen-bond donors (Lipinski definition) is 1.